The standard InChI is InChI=1S/C31H45N5O5/c1-21(2)19-25(28(38)34-26(29(39)36-32-6)20-23-15-11-8-12-16-23)33-27(37)24(35-30(40)41-31(3,4)5)18-17-22-13-9-7-10-14-22/h7-16,21,24-26,32H,17-20H2,1-6H3,(H,33,37)(H,34,38)(H,35,40)(H,36,39)/t24-,25?,26-/m0/s1. The average molecular weight is 568 g/mol. The fourth-order valence-corrected chi connectivity index (χ4v) is 4.19. The Hall–Kier alpha value is -3.92. The van der Waals surface area contributed by atoms with E-state index in [2.05, 4.69) is 26.8 Å². The van der Waals surface area contributed by atoms with Gasteiger partial charge in [-0.15, -0.1) is 0 Å². The second-order valence-electron chi connectivity index (χ2n) is 11.4. The lowest BCUT2D eigenvalue weighted by molar-refractivity contribution is -0.133. The van der Waals surface area contributed by atoms with Gasteiger partial charge in [-0.1, -0.05) is 74.5 Å². The van der Waals surface area contributed by atoms with Gasteiger partial charge in [-0.25, -0.2) is 10.2 Å². The van der Waals surface area contributed by atoms with Crippen LogP contribution in [0.25, 0.3) is 0 Å². The number of benzene rings is 2. The number of alkyl carbamates (subject to hydrolysis) is 1. The van der Waals surface area contributed by atoms with Gasteiger partial charge in [0.2, 0.25) is 11.8 Å². The molecule has 0 saturated heterocycles. The molecule has 0 bridgehead atoms. The highest BCUT2D eigenvalue weighted by Crippen LogP contribution is 2.12. The first-order valence-corrected chi connectivity index (χ1v) is 14.0. The number of nitrogens with one attached hydrogen (secondary N) is 5. The highest BCUT2D eigenvalue weighted by Gasteiger charge is 2.31. The summed E-state index contributed by atoms with van der Waals surface area (Å²) in [6, 6.07) is 16.2. The first-order valence-electron chi connectivity index (χ1n) is 14.0. The zero-order valence-corrected chi connectivity index (χ0v) is 25.0. The molecule has 0 heterocycles. The molecule has 2 aromatic carbocycles. The molecule has 0 fully saturated rings. The van der Waals surface area contributed by atoms with Gasteiger partial charge in [0.1, 0.15) is 23.7 Å². The van der Waals surface area contributed by atoms with Crippen molar-refractivity contribution in [2.75, 3.05) is 7.05 Å². The van der Waals surface area contributed by atoms with Gasteiger partial charge in [-0.3, -0.25) is 19.8 Å². The fourth-order valence-electron chi connectivity index (χ4n) is 4.19. The van der Waals surface area contributed by atoms with E-state index >= 15 is 0 Å². The van der Waals surface area contributed by atoms with E-state index in [0.717, 1.165) is 11.1 Å². The summed E-state index contributed by atoms with van der Waals surface area (Å²) in [5, 5.41) is 8.31. The molecule has 0 radical (unpaired) electrons. The predicted molar refractivity (Wildman–Crippen MR) is 159 cm³/mol. The molecular weight excluding hydrogens is 522 g/mol. The molecule has 4 amide bonds. The van der Waals surface area contributed by atoms with Crippen molar-refractivity contribution in [1.82, 2.24) is 26.8 Å². The summed E-state index contributed by atoms with van der Waals surface area (Å²) in [6.45, 7) is 9.10. The number of hydrogen-bond donors (Lipinski definition) is 5. The van der Waals surface area contributed by atoms with Gasteiger partial charge in [-0.05, 0) is 57.1 Å². The van der Waals surface area contributed by atoms with Crippen molar-refractivity contribution in [3.05, 3.63) is 71.8 Å². The number of amides is 4. The Balaban J connectivity index is 2.22. The highest BCUT2D eigenvalue weighted by molar-refractivity contribution is 5.93. The van der Waals surface area contributed by atoms with Gasteiger partial charge in [0, 0.05) is 13.5 Å². The van der Waals surface area contributed by atoms with Crippen LogP contribution in [-0.4, -0.2) is 54.6 Å². The van der Waals surface area contributed by atoms with E-state index in [0.29, 0.717) is 19.3 Å². The smallest absolute Gasteiger partial charge is 0.408 e. The molecule has 0 spiro atoms. The zero-order chi connectivity index (χ0) is 30.4. The van der Waals surface area contributed by atoms with Crippen LogP contribution in [-0.2, 0) is 32.0 Å². The van der Waals surface area contributed by atoms with Crippen LogP contribution in [0.15, 0.2) is 60.7 Å². The number of rotatable bonds is 14. The predicted octanol–water partition coefficient (Wildman–Crippen LogP) is 3.02. The Labute approximate surface area is 243 Å². The van der Waals surface area contributed by atoms with Gasteiger partial charge in [0.15, 0.2) is 0 Å². The molecule has 0 aliphatic heterocycles. The van der Waals surface area contributed by atoms with Crippen molar-refractivity contribution in [3.8, 4) is 0 Å². The molecule has 3 atom stereocenters. The van der Waals surface area contributed by atoms with Gasteiger partial charge in [-0.2, -0.15) is 0 Å². The zero-order valence-electron chi connectivity index (χ0n) is 25.0. The number of aryl methyl sites for hydroxylation is 1. The minimum absolute atomic E-state index is 0.0614. The summed E-state index contributed by atoms with van der Waals surface area (Å²) in [7, 11) is 1.56. The molecule has 0 aliphatic rings. The third kappa shape index (κ3) is 12.9. The van der Waals surface area contributed by atoms with E-state index in [1.165, 1.54) is 0 Å². The van der Waals surface area contributed by atoms with Crippen LogP contribution >= 0.6 is 0 Å². The van der Waals surface area contributed by atoms with Crippen LogP contribution in [0.2, 0.25) is 0 Å². The summed E-state index contributed by atoms with van der Waals surface area (Å²) in [5.74, 6) is -1.34. The summed E-state index contributed by atoms with van der Waals surface area (Å²) < 4.78 is 5.39. The van der Waals surface area contributed by atoms with Crippen molar-refractivity contribution in [3.63, 3.8) is 0 Å². The molecule has 0 saturated carbocycles. The Kier molecular flexibility index (Phi) is 13.3. The molecule has 10 nitrogen and oxygen atoms in total. The maximum atomic E-state index is 13.5. The number of hydrazine groups is 1. The maximum absolute atomic E-state index is 13.5. The maximum Gasteiger partial charge on any atom is 0.408 e. The number of carbonyl (C=O) groups excluding carboxylic acids is 4. The molecule has 41 heavy (non-hydrogen) atoms. The van der Waals surface area contributed by atoms with Crippen molar-refractivity contribution in [2.45, 2.75) is 84.0 Å². The molecule has 2 aromatic rings. The minimum atomic E-state index is -0.944. The van der Waals surface area contributed by atoms with E-state index in [-0.39, 0.29) is 12.3 Å². The lowest BCUT2D eigenvalue weighted by atomic mass is 10.00. The van der Waals surface area contributed by atoms with Crippen LogP contribution in [0, 0.1) is 5.92 Å². The normalized spacial score (nSPS) is 13.4. The van der Waals surface area contributed by atoms with Gasteiger partial charge in [0.25, 0.3) is 5.91 Å². The molecule has 0 aromatic heterocycles. The molecule has 10 heteroatoms. The molecule has 2 rings (SSSR count). The summed E-state index contributed by atoms with van der Waals surface area (Å²) in [6.07, 6.45) is 0.705. The Morgan fingerprint density at radius 2 is 1.27 bits per heavy atom. The number of hydrogen-bond acceptors (Lipinski definition) is 6. The monoisotopic (exact) mass is 567 g/mol. The van der Waals surface area contributed by atoms with E-state index in [1.807, 2.05) is 74.5 Å². The molecular formula is C31H45N5O5. The van der Waals surface area contributed by atoms with E-state index < -0.39 is 47.5 Å². The largest absolute Gasteiger partial charge is 0.444 e. The van der Waals surface area contributed by atoms with E-state index in [1.54, 1.807) is 27.8 Å². The Morgan fingerprint density at radius 3 is 1.80 bits per heavy atom. The summed E-state index contributed by atoms with van der Waals surface area (Å²) >= 11 is 0. The van der Waals surface area contributed by atoms with Gasteiger partial charge in [0.05, 0.1) is 0 Å². The lowest BCUT2D eigenvalue weighted by Gasteiger charge is -2.27. The second kappa shape index (κ2) is 16.4. The number of ether oxygens (including phenoxy) is 1. The second-order valence-corrected chi connectivity index (χ2v) is 11.4. The lowest BCUT2D eigenvalue weighted by Crippen LogP contribution is -2.58. The van der Waals surface area contributed by atoms with Crippen molar-refractivity contribution in [2.24, 2.45) is 5.92 Å². The van der Waals surface area contributed by atoms with Crippen LogP contribution in [0.4, 0.5) is 4.79 Å². The molecule has 5 N–H and O–H groups in total. The third-order valence-corrected chi connectivity index (χ3v) is 6.08. The quantitative estimate of drug-likeness (QED) is 0.223. The Bertz CT molecular complexity index is 1120. The van der Waals surface area contributed by atoms with Crippen LogP contribution in [0.3, 0.4) is 0 Å². The van der Waals surface area contributed by atoms with Crippen molar-refractivity contribution >= 4 is 23.8 Å². The Morgan fingerprint density at radius 1 is 0.732 bits per heavy atom. The summed E-state index contributed by atoms with van der Waals surface area (Å²) in [5.41, 5.74) is 6.27. The van der Waals surface area contributed by atoms with Crippen molar-refractivity contribution < 1.29 is 23.9 Å². The highest BCUT2D eigenvalue weighted by atomic mass is 16.6. The summed E-state index contributed by atoms with van der Waals surface area (Å²) in [4.78, 5) is 52.4. The van der Waals surface area contributed by atoms with Crippen LogP contribution in [0.1, 0.15) is 58.6 Å². The SMILES string of the molecule is CNNC(=O)[C@H](Cc1ccccc1)NC(=O)C(CC(C)C)NC(=O)[C@H](CCc1ccccc1)NC(=O)OC(C)(C)C. The minimum Gasteiger partial charge on any atom is -0.444 e. The fraction of sp³-hybridized carbons (Fsp3) is 0.484. The molecule has 224 valence electrons. The molecule has 0 aliphatic carbocycles. The van der Waals surface area contributed by atoms with Crippen LogP contribution < -0.4 is 26.8 Å². The molecule has 1 unspecified atom stereocenters. The van der Waals surface area contributed by atoms with Gasteiger partial charge < -0.3 is 20.7 Å². The van der Waals surface area contributed by atoms with Crippen molar-refractivity contribution in [1.29, 1.82) is 0 Å². The first kappa shape index (κ1) is 33.3. The topological polar surface area (TPSA) is 138 Å². The van der Waals surface area contributed by atoms with E-state index in [9.17, 15) is 19.2 Å². The first-order chi connectivity index (χ1) is 19.4. The van der Waals surface area contributed by atoms with Gasteiger partial charge >= 0.3 is 6.09 Å². The average Bonchev–Trinajstić information content (AvgIpc) is 2.90. The third-order valence-electron chi connectivity index (χ3n) is 6.08. The van der Waals surface area contributed by atoms with E-state index in [4.69, 9.17) is 4.74 Å². The van der Waals surface area contributed by atoms with Crippen LogP contribution in [0.5, 0.6) is 0 Å². The number of carbonyl (C=O) groups is 4.